The highest BCUT2D eigenvalue weighted by atomic mass is 32.1. The second-order valence-corrected chi connectivity index (χ2v) is 8.70. The van der Waals surface area contributed by atoms with Crippen LogP contribution in [0.4, 0.5) is 5.69 Å². The molecule has 0 radical (unpaired) electrons. The molecular weight excluding hydrogens is 368 g/mol. The first-order chi connectivity index (χ1) is 13.1. The first-order valence-electron chi connectivity index (χ1n) is 9.61. The van der Waals surface area contributed by atoms with E-state index < -0.39 is 0 Å². The molecule has 0 fully saturated rings. The topological polar surface area (TPSA) is 50.4 Å². The third-order valence-corrected chi connectivity index (χ3v) is 4.50. The maximum Gasteiger partial charge on any atom is 0.257 e. The zero-order chi connectivity index (χ0) is 20.7. The number of thiocarbonyl (C=S) groups is 1. The van der Waals surface area contributed by atoms with Crippen molar-refractivity contribution in [2.24, 2.45) is 5.92 Å². The Labute approximate surface area is 173 Å². The van der Waals surface area contributed by atoms with E-state index in [-0.39, 0.29) is 16.4 Å². The second-order valence-electron chi connectivity index (χ2n) is 8.29. The summed E-state index contributed by atoms with van der Waals surface area (Å²) in [5.74, 6) is 1.14. The van der Waals surface area contributed by atoms with E-state index in [2.05, 4.69) is 45.3 Å². The first kappa shape index (κ1) is 21.9. The molecule has 2 aromatic carbocycles. The highest BCUT2D eigenvalue weighted by molar-refractivity contribution is 7.80. The number of hydrogen-bond donors (Lipinski definition) is 2. The Morgan fingerprint density at radius 3 is 2.39 bits per heavy atom. The highest BCUT2D eigenvalue weighted by Crippen LogP contribution is 2.22. The Morgan fingerprint density at radius 2 is 1.79 bits per heavy atom. The van der Waals surface area contributed by atoms with E-state index >= 15 is 0 Å². The predicted molar refractivity (Wildman–Crippen MR) is 120 cm³/mol. The number of amides is 1. The van der Waals surface area contributed by atoms with Crippen molar-refractivity contribution < 1.29 is 9.53 Å². The molecule has 0 aliphatic rings. The van der Waals surface area contributed by atoms with Crippen molar-refractivity contribution in [3.63, 3.8) is 0 Å². The van der Waals surface area contributed by atoms with Gasteiger partial charge in [-0.2, -0.15) is 0 Å². The highest BCUT2D eigenvalue weighted by Gasteiger charge is 2.14. The lowest BCUT2D eigenvalue weighted by atomic mass is 9.87. The lowest BCUT2D eigenvalue weighted by Crippen LogP contribution is -2.34. The van der Waals surface area contributed by atoms with Gasteiger partial charge in [0, 0.05) is 17.3 Å². The number of carbonyl (C=O) groups is 1. The number of hydrogen-bond acceptors (Lipinski definition) is 3. The lowest BCUT2D eigenvalue weighted by molar-refractivity contribution is 0.0977. The predicted octanol–water partition coefficient (Wildman–Crippen LogP) is 5.54. The van der Waals surface area contributed by atoms with Crippen LogP contribution in [0.2, 0.25) is 0 Å². The standard InChI is InChI=1S/C23H30N2O2S/c1-16(2)13-14-27-20-8-6-7-19(15-20)24-22(28)25-21(26)17-9-11-18(12-10-17)23(3,4)5/h6-12,15-16H,13-14H2,1-5H3,(H2,24,25,26,28). The largest absolute Gasteiger partial charge is 0.494 e. The molecule has 0 atom stereocenters. The summed E-state index contributed by atoms with van der Waals surface area (Å²) in [4.78, 5) is 12.4. The first-order valence-corrected chi connectivity index (χ1v) is 10.0. The van der Waals surface area contributed by atoms with Gasteiger partial charge in [0.05, 0.1) is 6.61 Å². The molecule has 0 heterocycles. The Balaban J connectivity index is 1.92. The molecule has 2 N–H and O–H groups in total. The quantitative estimate of drug-likeness (QED) is 0.628. The Bertz CT molecular complexity index is 808. The summed E-state index contributed by atoms with van der Waals surface area (Å²) in [7, 11) is 0. The van der Waals surface area contributed by atoms with Crippen molar-refractivity contribution in [3.8, 4) is 5.75 Å². The van der Waals surface area contributed by atoms with Crippen LogP contribution in [-0.2, 0) is 5.41 Å². The monoisotopic (exact) mass is 398 g/mol. The van der Waals surface area contributed by atoms with Gasteiger partial charge in [-0.25, -0.2) is 0 Å². The van der Waals surface area contributed by atoms with Crippen molar-refractivity contribution in [2.45, 2.75) is 46.5 Å². The van der Waals surface area contributed by atoms with E-state index in [1.807, 2.05) is 48.5 Å². The number of anilines is 1. The van der Waals surface area contributed by atoms with Crippen molar-refractivity contribution in [3.05, 3.63) is 59.7 Å². The lowest BCUT2D eigenvalue weighted by Gasteiger charge is -2.19. The fraction of sp³-hybridized carbons (Fsp3) is 0.391. The number of carbonyl (C=O) groups excluding carboxylic acids is 1. The summed E-state index contributed by atoms with van der Waals surface area (Å²) >= 11 is 5.28. The van der Waals surface area contributed by atoms with Crippen molar-refractivity contribution >= 4 is 28.9 Å². The average molecular weight is 399 g/mol. The minimum atomic E-state index is -0.234. The Kier molecular flexibility index (Phi) is 7.58. The van der Waals surface area contributed by atoms with Gasteiger partial charge in [-0.1, -0.05) is 52.8 Å². The number of ether oxygens (including phenoxy) is 1. The zero-order valence-corrected chi connectivity index (χ0v) is 18.2. The zero-order valence-electron chi connectivity index (χ0n) is 17.3. The van der Waals surface area contributed by atoms with Crippen LogP contribution in [0.1, 0.15) is 57.0 Å². The smallest absolute Gasteiger partial charge is 0.257 e. The minimum absolute atomic E-state index is 0.0497. The van der Waals surface area contributed by atoms with Gasteiger partial charge in [0.2, 0.25) is 0 Å². The van der Waals surface area contributed by atoms with Crippen LogP contribution < -0.4 is 15.4 Å². The molecule has 28 heavy (non-hydrogen) atoms. The van der Waals surface area contributed by atoms with Gasteiger partial charge in [0.25, 0.3) is 5.91 Å². The molecule has 1 amide bonds. The summed E-state index contributed by atoms with van der Waals surface area (Å²) in [6.45, 7) is 11.4. The van der Waals surface area contributed by atoms with Gasteiger partial charge in [-0.15, -0.1) is 0 Å². The van der Waals surface area contributed by atoms with Crippen molar-refractivity contribution in [1.29, 1.82) is 0 Å². The Morgan fingerprint density at radius 1 is 1.11 bits per heavy atom. The van der Waals surface area contributed by atoms with E-state index in [4.69, 9.17) is 17.0 Å². The molecule has 0 aliphatic heterocycles. The normalized spacial score (nSPS) is 11.2. The average Bonchev–Trinajstić information content (AvgIpc) is 2.61. The molecule has 2 rings (SSSR count). The summed E-state index contributed by atoms with van der Waals surface area (Å²) in [6, 6.07) is 15.1. The van der Waals surface area contributed by atoms with Gasteiger partial charge in [-0.3, -0.25) is 10.1 Å². The number of rotatable bonds is 6. The summed E-state index contributed by atoms with van der Waals surface area (Å²) in [5, 5.41) is 6.01. The second kappa shape index (κ2) is 9.69. The molecule has 5 heteroatoms. The van der Waals surface area contributed by atoms with E-state index in [0.29, 0.717) is 18.1 Å². The molecule has 0 spiro atoms. The molecule has 2 aromatic rings. The van der Waals surface area contributed by atoms with Gasteiger partial charge >= 0.3 is 0 Å². The van der Waals surface area contributed by atoms with Crippen LogP contribution in [0.15, 0.2) is 48.5 Å². The van der Waals surface area contributed by atoms with Gasteiger partial charge < -0.3 is 10.1 Å². The maximum absolute atomic E-state index is 12.4. The SMILES string of the molecule is CC(C)CCOc1cccc(NC(=S)NC(=O)c2ccc(C(C)(C)C)cc2)c1. The summed E-state index contributed by atoms with van der Waals surface area (Å²) < 4.78 is 5.76. The fourth-order valence-corrected chi connectivity index (χ4v) is 2.75. The van der Waals surface area contributed by atoms with Crippen LogP contribution >= 0.6 is 12.2 Å². The van der Waals surface area contributed by atoms with E-state index in [1.54, 1.807) is 0 Å². The maximum atomic E-state index is 12.4. The Hall–Kier alpha value is -2.40. The minimum Gasteiger partial charge on any atom is -0.494 e. The van der Waals surface area contributed by atoms with Crippen LogP contribution in [-0.4, -0.2) is 17.6 Å². The van der Waals surface area contributed by atoms with Crippen LogP contribution in [0.3, 0.4) is 0 Å². The summed E-state index contributed by atoms with van der Waals surface area (Å²) in [5.41, 5.74) is 2.58. The molecule has 150 valence electrons. The van der Waals surface area contributed by atoms with Crippen LogP contribution in [0.5, 0.6) is 5.75 Å². The molecule has 0 saturated carbocycles. The molecular formula is C23H30N2O2S. The van der Waals surface area contributed by atoms with Crippen molar-refractivity contribution in [2.75, 3.05) is 11.9 Å². The fourth-order valence-electron chi connectivity index (χ4n) is 2.54. The molecule has 4 nitrogen and oxygen atoms in total. The van der Waals surface area contributed by atoms with E-state index in [0.717, 1.165) is 17.9 Å². The van der Waals surface area contributed by atoms with Gasteiger partial charge in [0.15, 0.2) is 5.11 Å². The van der Waals surface area contributed by atoms with E-state index in [9.17, 15) is 4.79 Å². The molecule has 0 aliphatic carbocycles. The third-order valence-electron chi connectivity index (χ3n) is 4.30. The molecule has 0 aromatic heterocycles. The van der Waals surface area contributed by atoms with Gasteiger partial charge in [0.1, 0.15) is 5.75 Å². The third kappa shape index (κ3) is 6.97. The van der Waals surface area contributed by atoms with Crippen molar-refractivity contribution in [1.82, 2.24) is 5.32 Å². The summed E-state index contributed by atoms with van der Waals surface area (Å²) in [6.07, 6.45) is 1.00. The van der Waals surface area contributed by atoms with Crippen LogP contribution in [0.25, 0.3) is 0 Å². The molecule has 0 unspecified atom stereocenters. The molecule has 0 bridgehead atoms. The van der Waals surface area contributed by atoms with Crippen LogP contribution in [0, 0.1) is 5.92 Å². The van der Waals surface area contributed by atoms with Gasteiger partial charge in [-0.05, 0) is 59.8 Å². The molecule has 0 saturated heterocycles. The van der Waals surface area contributed by atoms with E-state index in [1.165, 1.54) is 5.56 Å². The number of benzene rings is 2. The number of nitrogens with one attached hydrogen (secondary N) is 2.